The molecule has 0 aromatic carbocycles. The largest absolute Gasteiger partial charge is 0.508 e. The van der Waals surface area contributed by atoms with E-state index in [1.165, 1.54) is 7.11 Å². The molecule has 0 rings (SSSR count). The van der Waals surface area contributed by atoms with Crippen molar-refractivity contribution in [3.63, 3.8) is 0 Å². The molecule has 0 bridgehead atoms. The fraction of sp³-hybridized carbons (Fsp3) is 0.750. The molecule has 1 atom stereocenters. The minimum atomic E-state index is -1.09. The van der Waals surface area contributed by atoms with Gasteiger partial charge in [0.1, 0.15) is 6.61 Å². The van der Waals surface area contributed by atoms with E-state index in [-0.39, 0.29) is 6.61 Å². The van der Waals surface area contributed by atoms with Gasteiger partial charge in [-0.3, -0.25) is 0 Å². The third kappa shape index (κ3) is 7.76. The zero-order chi connectivity index (χ0) is 13.5. The Bertz CT molecular complexity index is 265. The van der Waals surface area contributed by atoms with Crippen molar-refractivity contribution >= 4 is 6.16 Å². The van der Waals surface area contributed by atoms with Gasteiger partial charge in [0.2, 0.25) is 0 Å². The summed E-state index contributed by atoms with van der Waals surface area (Å²) in [5, 5.41) is 19.1. The van der Waals surface area contributed by atoms with Crippen LogP contribution in [0.2, 0.25) is 0 Å². The van der Waals surface area contributed by atoms with Crippen LogP contribution in [-0.2, 0) is 9.47 Å². The number of aliphatic hydroxyl groups is 2. The second-order valence-electron chi connectivity index (χ2n) is 4.52. The van der Waals surface area contributed by atoms with Crippen LogP contribution in [-0.4, -0.2) is 41.8 Å². The van der Waals surface area contributed by atoms with Gasteiger partial charge in [0.05, 0.1) is 18.8 Å². The lowest BCUT2D eigenvalue weighted by molar-refractivity contribution is -0.0509. The Balaban J connectivity index is 3.89. The predicted octanol–water partition coefficient (Wildman–Crippen LogP) is 1.63. The van der Waals surface area contributed by atoms with Crippen LogP contribution in [0.1, 0.15) is 33.6 Å². The topological polar surface area (TPSA) is 76.0 Å². The van der Waals surface area contributed by atoms with E-state index in [1.807, 2.05) is 6.92 Å². The van der Waals surface area contributed by atoms with Crippen molar-refractivity contribution in [1.29, 1.82) is 0 Å². The lowest BCUT2D eigenvalue weighted by atomic mass is 9.96. The molecule has 5 heteroatoms. The third-order valence-corrected chi connectivity index (χ3v) is 2.43. The third-order valence-electron chi connectivity index (χ3n) is 2.43. The molecular formula is C12H22O5. The van der Waals surface area contributed by atoms with Gasteiger partial charge in [-0.1, -0.05) is 5.57 Å². The Labute approximate surface area is 102 Å². The summed E-state index contributed by atoms with van der Waals surface area (Å²) in [6.07, 6.45) is 1.35. The summed E-state index contributed by atoms with van der Waals surface area (Å²) in [5.41, 5.74) is -0.111. The molecule has 100 valence electrons. The Morgan fingerprint density at radius 2 is 2.06 bits per heavy atom. The van der Waals surface area contributed by atoms with Crippen LogP contribution in [0.15, 0.2) is 11.6 Å². The van der Waals surface area contributed by atoms with E-state index < -0.39 is 17.9 Å². The number of carbonyl (C=O) groups is 1. The number of hydrogen-bond acceptors (Lipinski definition) is 5. The summed E-state index contributed by atoms with van der Waals surface area (Å²) >= 11 is 0. The van der Waals surface area contributed by atoms with Gasteiger partial charge in [-0.2, -0.15) is 0 Å². The number of allylic oxidation sites excluding steroid dienone is 1. The molecule has 1 unspecified atom stereocenters. The number of ether oxygens (including phenoxy) is 2. The highest BCUT2D eigenvalue weighted by atomic mass is 16.7. The van der Waals surface area contributed by atoms with Gasteiger partial charge < -0.3 is 19.7 Å². The second kappa shape index (κ2) is 7.29. The van der Waals surface area contributed by atoms with Crippen molar-refractivity contribution in [3.8, 4) is 0 Å². The summed E-state index contributed by atoms with van der Waals surface area (Å²) < 4.78 is 9.00. The van der Waals surface area contributed by atoms with Gasteiger partial charge in [-0.15, -0.1) is 0 Å². The van der Waals surface area contributed by atoms with Crippen LogP contribution in [0.25, 0.3) is 0 Å². The van der Waals surface area contributed by atoms with Crippen molar-refractivity contribution in [3.05, 3.63) is 11.6 Å². The molecule has 0 aliphatic rings. The molecule has 0 radical (unpaired) electrons. The minimum Gasteiger partial charge on any atom is -0.438 e. The first-order chi connectivity index (χ1) is 7.77. The fourth-order valence-electron chi connectivity index (χ4n) is 1.13. The van der Waals surface area contributed by atoms with Crippen LogP contribution < -0.4 is 0 Å². The Hall–Kier alpha value is -1.07. The molecule has 0 spiro atoms. The van der Waals surface area contributed by atoms with E-state index in [9.17, 15) is 15.0 Å². The van der Waals surface area contributed by atoms with Crippen molar-refractivity contribution in [2.75, 3.05) is 13.7 Å². The van der Waals surface area contributed by atoms with Crippen LogP contribution >= 0.6 is 0 Å². The smallest absolute Gasteiger partial charge is 0.438 e. The van der Waals surface area contributed by atoms with E-state index in [0.717, 1.165) is 5.57 Å². The lowest BCUT2D eigenvalue weighted by Crippen LogP contribution is -2.35. The first-order valence-electron chi connectivity index (χ1n) is 5.54. The van der Waals surface area contributed by atoms with Crippen molar-refractivity contribution < 1.29 is 24.5 Å². The molecule has 17 heavy (non-hydrogen) atoms. The van der Waals surface area contributed by atoms with Gasteiger partial charge in [0.15, 0.2) is 0 Å². The van der Waals surface area contributed by atoms with E-state index in [4.69, 9.17) is 0 Å². The molecule has 0 amide bonds. The maximum Gasteiger partial charge on any atom is 0.508 e. The van der Waals surface area contributed by atoms with Crippen LogP contribution in [0, 0.1) is 0 Å². The molecule has 2 N–H and O–H groups in total. The standard InChI is InChI=1S/C12H22O5/c1-9(7-8-17-11(14)16-4)5-6-10(13)12(2,3)15/h7,10,13,15H,5-6,8H2,1-4H3/b9-7-. The number of rotatable bonds is 6. The summed E-state index contributed by atoms with van der Waals surface area (Å²) in [7, 11) is 1.25. The maximum atomic E-state index is 10.6. The molecule has 0 fully saturated rings. The zero-order valence-corrected chi connectivity index (χ0v) is 10.9. The summed E-state index contributed by atoms with van der Waals surface area (Å²) in [6.45, 7) is 5.16. The van der Waals surface area contributed by atoms with Crippen molar-refractivity contribution in [2.45, 2.75) is 45.3 Å². The molecule has 0 saturated carbocycles. The SMILES string of the molecule is COC(=O)OC/C=C(/C)CCC(O)C(C)(C)O. The molecular weight excluding hydrogens is 224 g/mol. The van der Waals surface area contributed by atoms with E-state index in [0.29, 0.717) is 12.8 Å². The van der Waals surface area contributed by atoms with Gasteiger partial charge >= 0.3 is 6.16 Å². The van der Waals surface area contributed by atoms with Crippen LogP contribution in [0.3, 0.4) is 0 Å². The number of hydrogen-bond donors (Lipinski definition) is 2. The van der Waals surface area contributed by atoms with Crippen molar-refractivity contribution in [1.82, 2.24) is 0 Å². The molecule has 0 heterocycles. The summed E-state index contributed by atoms with van der Waals surface area (Å²) in [4.78, 5) is 10.6. The van der Waals surface area contributed by atoms with E-state index in [2.05, 4.69) is 9.47 Å². The predicted molar refractivity (Wildman–Crippen MR) is 63.7 cm³/mol. The van der Waals surface area contributed by atoms with Crippen LogP contribution in [0.5, 0.6) is 0 Å². The Morgan fingerprint density at radius 1 is 1.47 bits per heavy atom. The Kier molecular flexibility index (Phi) is 6.83. The molecule has 0 aromatic heterocycles. The number of carbonyl (C=O) groups excluding carboxylic acids is 1. The molecule has 0 saturated heterocycles. The summed E-state index contributed by atoms with van der Waals surface area (Å²) in [6, 6.07) is 0. The highest BCUT2D eigenvalue weighted by molar-refractivity contribution is 5.59. The van der Waals surface area contributed by atoms with Gasteiger partial charge in [0, 0.05) is 0 Å². The van der Waals surface area contributed by atoms with E-state index >= 15 is 0 Å². The fourth-order valence-corrected chi connectivity index (χ4v) is 1.13. The molecule has 0 aliphatic heterocycles. The molecule has 0 aliphatic carbocycles. The number of aliphatic hydroxyl groups excluding tert-OH is 1. The molecule has 0 aromatic rings. The maximum absolute atomic E-state index is 10.6. The highest BCUT2D eigenvalue weighted by Crippen LogP contribution is 2.16. The average molecular weight is 246 g/mol. The Morgan fingerprint density at radius 3 is 2.53 bits per heavy atom. The normalized spacial score (nSPS) is 14.4. The first-order valence-corrected chi connectivity index (χ1v) is 5.54. The zero-order valence-electron chi connectivity index (χ0n) is 10.9. The molecule has 5 nitrogen and oxygen atoms in total. The number of methoxy groups -OCH3 is 1. The summed E-state index contributed by atoms with van der Waals surface area (Å²) in [5.74, 6) is 0. The van der Waals surface area contributed by atoms with E-state index in [1.54, 1.807) is 19.9 Å². The second-order valence-corrected chi connectivity index (χ2v) is 4.52. The van der Waals surface area contributed by atoms with Crippen molar-refractivity contribution in [2.24, 2.45) is 0 Å². The minimum absolute atomic E-state index is 0.150. The van der Waals surface area contributed by atoms with Crippen LogP contribution in [0.4, 0.5) is 4.79 Å². The average Bonchev–Trinajstić information content (AvgIpc) is 2.24. The first kappa shape index (κ1) is 15.9. The quantitative estimate of drug-likeness (QED) is 0.550. The monoisotopic (exact) mass is 246 g/mol. The van der Waals surface area contributed by atoms with Gasteiger partial charge in [-0.25, -0.2) is 4.79 Å². The lowest BCUT2D eigenvalue weighted by Gasteiger charge is -2.24. The highest BCUT2D eigenvalue weighted by Gasteiger charge is 2.23. The van der Waals surface area contributed by atoms with Gasteiger partial charge in [-0.05, 0) is 39.7 Å². The van der Waals surface area contributed by atoms with Gasteiger partial charge in [0.25, 0.3) is 0 Å².